The fourth-order valence-corrected chi connectivity index (χ4v) is 3.03. The number of primary amides is 1. The van der Waals surface area contributed by atoms with Crippen molar-refractivity contribution in [3.05, 3.63) is 17.5 Å². The van der Waals surface area contributed by atoms with Gasteiger partial charge in [-0.15, -0.1) is 0 Å². The van der Waals surface area contributed by atoms with Crippen LogP contribution in [0.2, 0.25) is 0 Å². The Kier molecular flexibility index (Phi) is 4.08. The molecule has 1 aromatic heterocycles. The van der Waals surface area contributed by atoms with Gasteiger partial charge in [0, 0.05) is 12.2 Å². The fourth-order valence-electron chi connectivity index (χ4n) is 3.03. The first-order valence-corrected chi connectivity index (χ1v) is 8.04. The summed E-state index contributed by atoms with van der Waals surface area (Å²) in [6.45, 7) is 2.31. The van der Waals surface area contributed by atoms with Gasteiger partial charge >= 0.3 is 0 Å². The van der Waals surface area contributed by atoms with E-state index in [1.165, 1.54) is 38.5 Å². The zero-order chi connectivity index (χ0) is 14.8. The summed E-state index contributed by atoms with van der Waals surface area (Å²) < 4.78 is 0. The summed E-state index contributed by atoms with van der Waals surface area (Å²) in [6.07, 6.45) is 9.73. The molecule has 1 amide bonds. The Balaban J connectivity index is 1.71. The van der Waals surface area contributed by atoms with Crippen LogP contribution in [0.15, 0.2) is 6.20 Å². The smallest absolute Gasteiger partial charge is 0.252 e. The second-order valence-electron chi connectivity index (χ2n) is 6.67. The van der Waals surface area contributed by atoms with Gasteiger partial charge in [-0.1, -0.05) is 6.92 Å². The Morgan fingerprint density at radius 3 is 2.62 bits per heavy atom. The van der Waals surface area contributed by atoms with Crippen molar-refractivity contribution in [1.82, 2.24) is 9.97 Å². The van der Waals surface area contributed by atoms with E-state index in [2.05, 4.69) is 22.2 Å². The summed E-state index contributed by atoms with van der Waals surface area (Å²) in [4.78, 5) is 20.3. The molecule has 0 aromatic carbocycles. The van der Waals surface area contributed by atoms with Gasteiger partial charge in [0.15, 0.2) is 0 Å². The third-order valence-corrected chi connectivity index (χ3v) is 4.66. The summed E-state index contributed by atoms with van der Waals surface area (Å²) in [5.41, 5.74) is 6.71. The molecule has 1 heterocycles. The van der Waals surface area contributed by atoms with E-state index in [4.69, 9.17) is 5.73 Å². The van der Waals surface area contributed by atoms with Crippen molar-refractivity contribution in [3.63, 3.8) is 0 Å². The molecule has 1 aromatic rings. The summed E-state index contributed by atoms with van der Waals surface area (Å²) in [5.74, 6) is 1.71. The molecule has 0 saturated heterocycles. The number of nitrogens with zero attached hydrogens (tertiary/aromatic N) is 2. The standard InChI is InChI=1S/C16H24N4O/c1-10-2-6-12(7-3-10)19-16-18-9-13(15(17)21)14(20-16)8-11-4-5-11/h9-12H,2-8H2,1H3,(H2,17,21)(H,18,19,20). The number of hydrogen-bond donors (Lipinski definition) is 2. The van der Waals surface area contributed by atoms with Crippen LogP contribution in [0.3, 0.4) is 0 Å². The Bertz CT molecular complexity index is 519. The van der Waals surface area contributed by atoms with Crippen molar-refractivity contribution in [2.75, 3.05) is 5.32 Å². The lowest BCUT2D eigenvalue weighted by atomic mass is 9.87. The number of carbonyl (C=O) groups excluding carboxylic acids is 1. The molecule has 21 heavy (non-hydrogen) atoms. The lowest BCUT2D eigenvalue weighted by Crippen LogP contribution is -2.27. The number of carbonyl (C=O) groups is 1. The molecule has 0 bridgehead atoms. The van der Waals surface area contributed by atoms with Gasteiger partial charge in [-0.3, -0.25) is 4.79 Å². The lowest BCUT2D eigenvalue weighted by molar-refractivity contribution is 0.0998. The van der Waals surface area contributed by atoms with E-state index in [-0.39, 0.29) is 0 Å². The van der Waals surface area contributed by atoms with Crippen LogP contribution in [0.25, 0.3) is 0 Å². The Labute approximate surface area is 125 Å². The zero-order valence-electron chi connectivity index (χ0n) is 12.6. The third kappa shape index (κ3) is 3.71. The average Bonchev–Trinajstić information content (AvgIpc) is 3.25. The highest BCUT2D eigenvalue weighted by Gasteiger charge is 2.25. The number of aromatic nitrogens is 2. The highest BCUT2D eigenvalue weighted by Crippen LogP contribution is 2.33. The van der Waals surface area contributed by atoms with Crippen molar-refractivity contribution in [3.8, 4) is 0 Å². The predicted octanol–water partition coefficient (Wildman–Crippen LogP) is 2.52. The van der Waals surface area contributed by atoms with Crippen LogP contribution in [-0.4, -0.2) is 21.9 Å². The van der Waals surface area contributed by atoms with E-state index in [0.29, 0.717) is 23.5 Å². The molecule has 5 heteroatoms. The maximum atomic E-state index is 11.5. The molecule has 5 nitrogen and oxygen atoms in total. The molecule has 2 aliphatic rings. The van der Waals surface area contributed by atoms with Crippen LogP contribution in [-0.2, 0) is 6.42 Å². The topological polar surface area (TPSA) is 80.9 Å². The van der Waals surface area contributed by atoms with Gasteiger partial charge in [-0.25, -0.2) is 9.97 Å². The Morgan fingerprint density at radius 1 is 1.29 bits per heavy atom. The Hall–Kier alpha value is -1.65. The number of anilines is 1. The van der Waals surface area contributed by atoms with Crippen LogP contribution in [0.5, 0.6) is 0 Å². The van der Waals surface area contributed by atoms with Gasteiger partial charge in [0.2, 0.25) is 5.95 Å². The normalized spacial score (nSPS) is 25.6. The minimum atomic E-state index is -0.427. The molecule has 0 radical (unpaired) electrons. The molecule has 0 spiro atoms. The number of rotatable bonds is 5. The molecule has 2 saturated carbocycles. The van der Waals surface area contributed by atoms with E-state index in [1.807, 2.05) is 0 Å². The van der Waals surface area contributed by atoms with Crippen molar-refractivity contribution in [2.45, 2.75) is 57.9 Å². The van der Waals surface area contributed by atoms with Crippen LogP contribution in [0.1, 0.15) is 61.5 Å². The molecule has 3 N–H and O–H groups in total. The molecule has 0 unspecified atom stereocenters. The summed E-state index contributed by atoms with van der Waals surface area (Å²) in [6, 6.07) is 0.453. The zero-order valence-corrected chi connectivity index (χ0v) is 12.6. The van der Waals surface area contributed by atoms with Gasteiger partial charge in [0.25, 0.3) is 5.91 Å². The molecular formula is C16H24N4O. The molecule has 2 aliphatic carbocycles. The molecular weight excluding hydrogens is 264 g/mol. The maximum Gasteiger partial charge on any atom is 0.252 e. The van der Waals surface area contributed by atoms with E-state index >= 15 is 0 Å². The minimum Gasteiger partial charge on any atom is -0.365 e. The van der Waals surface area contributed by atoms with Gasteiger partial charge in [0.1, 0.15) is 0 Å². The predicted molar refractivity (Wildman–Crippen MR) is 82.0 cm³/mol. The van der Waals surface area contributed by atoms with Crippen molar-refractivity contribution in [2.24, 2.45) is 17.6 Å². The summed E-state index contributed by atoms with van der Waals surface area (Å²) in [7, 11) is 0. The van der Waals surface area contributed by atoms with Crippen molar-refractivity contribution < 1.29 is 4.79 Å². The highest BCUT2D eigenvalue weighted by molar-refractivity contribution is 5.93. The van der Waals surface area contributed by atoms with Crippen LogP contribution < -0.4 is 11.1 Å². The largest absolute Gasteiger partial charge is 0.365 e. The van der Waals surface area contributed by atoms with Gasteiger partial charge in [0.05, 0.1) is 11.3 Å². The second-order valence-corrected chi connectivity index (χ2v) is 6.67. The fraction of sp³-hybridized carbons (Fsp3) is 0.688. The van der Waals surface area contributed by atoms with Gasteiger partial charge in [-0.2, -0.15) is 0 Å². The van der Waals surface area contributed by atoms with Crippen LogP contribution in [0, 0.1) is 11.8 Å². The number of amides is 1. The second kappa shape index (κ2) is 6.00. The quantitative estimate of drug-likeness (QED) is 0.872. The molecule has 3 rings (SSSR count). The lowest BCUT2D eigenvalue weighted by Gasteiger charge is -2.27. The van der Waals surface area contributed by atoms with Crippen molar-refractivity contribution in [1.29, 1.82) is 0 Å². The molecule has 0 atom stereocenters. The van der Waals surface area contributed by atoms with Gasteiger partial charge < -0.3 is 11.1 Å². The van der Waals surface area contributed by atoms with Crippen LogP contribution in [0.4, 0.5) is 5.95 Å². The number of nitrogens with one attached hydrogen (secondary N) is 1. The number of hydrogen-bond acceptors (Lipinski definition) is 4. The first-order valence-electron chi connectivity index (χ1n) is 8.04. The average molecular weight is 288 g/mol. The molecule has 0 aliphatic heterocycles. The van der Waals surface area contributed by atoms with Crippen LogP contribution >= 0.6 is 0 Å². The van der Waals surface area contributed by atoms with E-state index in [0.717, 1.165) is 18.0 Å². The summed E-state index contributed by atoms with van der Waals surface area (Å²) >= 11 is 0. The van der Waals surface area contributed by atoms with Crippen molar-refractivity contribution >= 4 is 11.9 Å². The maximum absolute atomic E-state index is 11.5. The summed E-state index contributed by atoms with van der Waals surface area (Å²) in [5, 5.41) is 3.43. The van der Waals surface area contributed by atoms with E-state index in [1.54, 1.807) is 6.20 Å². The molecule has 2 fully saturated rings. The SMILES string of the molecule is CC1CCC(Nc2ncc(C(N)=O)c(CC3CC3)n2)CC1. The first kappa shape index (κ1) is 14.3. The van der Waals surface area contributed by atoms with E-state index in [9.17, 15) is 4.79 Å². The van der Waals surface area contributed by atoms with Gasteiger partial charge in [-0.05, 0) is 56.8 Å². The van der Waals surface area contributed by atoms with E-state index < -0.39 is 5.91 Å². The monoisotopic (exact) mass is 288 g/mol. The third-order valence-electron chi connectivity index (χ3n) is 4.66. The molecule has 114 valence electrons. The number of nitrogens with two attached hydrogens (primary N) is 1. The Morgan fingerprint density at radius 2 is 2.00 bits per heavy atom. The highest BCUT2D eigenvalue weighted by atomic mass is 16.1. The minimum absolute atomic E-state index is 0.427. The first-order chi connectivity index (χ1) is 10.1.